The molecule has 3 aliphatic rings. The summed E-state index contributed by atoms with van der Waals surface area (Å²) in [6, 6.07) is 79.0. The van der Waals surface area contributed by atoms with Gasteiger partial charge in [-0.2, -0.15) is 0 Å². The van der Waals surface area contributed by atoms with Gasteiger partial charge in [-0.25, -0.2) is 0 Å². The van der Waals surface area contributed by atoms with Crippen LogP contribution >= 0.6 is 0 Å². The lowest BCUT2D eigenvalue weighted by molar-refractivity contribution is 0.660. The van der Waals surface area contributed by atoms with E-state index in [9.17, 15) is 0 Å². The molecule has 11 aromatic rings. The molecule has 2 nitrogen and oxygen atoms in total. The van der Waals surface area contributed by atoms with Crippen molar-refractivity contribution in [3.05, 3.63) is 246 Å². The van der Waals surface area contributed by atoms with Gasteiger partial charge in [0.2, 0.25) is 0 Å². The van der Waals surface area contributed by atoms with Gasteiger partial charge in [0.1, 0.15) is 11.2 Å². The highest BCUT2D eigenvalue weighted by Crippen LogP contribution is 2.63. The Kier molecular flexibility index (Phi) is 7.13. The molecule has 0 unspecified atom stereocenters. The fourth-order valence-electron chi connectivity index (χ4n) is 12.1. The van der Waals surface area contributed by atoms with Crippen molar-refractivity contribution in [2.75, 3.05) is 4.90 Å². The summed E-state index contributed by atoms with van der Waals surface area (Å²) in [4.78, 5) is 2.51. The van der Waals surface area contributed by atoms with Crippen molar-refractivity contribution in [2.24, 2.45) is 0 Å². The van der Waals surface area contributed by atoms with E-state index in [1.807, 2.05) is 0 Å². The molecular formula is C62H41NO. The van der Waals surface area contributed by atoms with Crippen molar-refractivity contribution in [1.29, 1.82) is 0 Å². The van der Waals surface area contributed by atoms with Gasteiger partial charge in [-0.15, -0.1) is 0 Å². The number of rotatable bonds is 4. The highest BCUT2D eigenvalue weighted by atomic mass is 16.3. The molecule has 10 aromatic carbocycles. The minimum Gasteiger partial charge on any atom is -0.455 e. The van der Waals surface area contributed by atoms with Crippen LogP contribution in [0.1, 0.15) is 47.2 Å². The maximum Gasteiger partial charge on any atom is 0.143 e. The number of para-hydroxylation sites is 2. The second-order valence-corrected chi connectivity index (χ2v) is 18.3. The van der Waals surface area contributed by atoms with Crippen LogP contribution in [0.5, 0.6) is 0 Å². The monoisotopic (exact) mass is 815 g/mol. The second kappa shape index (κ2) is 12.8. The zero-order chi connectivity index (χ0) is 42.3. The molecule has 3 aliphatic carbocycles. The van der Waals surface area contributed by atoms with Gasteiger partial charge < -0.3 is 9.32 Å². The molecule has 0 saturated carbocycles. The Labute approximate surface area is 372 Å². The van der Waals surface area contributed by atoms with E-state index in [1.54, 1.807) is 0 Å². The van der Waals surface area contributed by atoms with E-state index in [0.717, 1.165) is 50.1 Å². The first-order valence-corrected chi connectivity index (χ1v) is 22.4. The van der Waals surface area contributed by atoms with Crippen LogP contribution in [0.2, 0.25) is 0 Å². The maximum absolute atomic E-state index is 6.92. The van der Waals surface area contributed by atoms with E-state index in [-0.39, 0.29) is 5.41 Å². The third kappa shape index (κ3) is 4.59. The van der Waals surface area contributed by atoms with Gasteiger partial charge in [0, 0.05) is 38.7 Å². The summed E-state index contributed by atoms with van der Waals surface area (Å²) in [6.07, 6.45) is 0. The van der Waals surface area contributed by atoms with Crippen molar-refractivity contribution in [1.82, 2.24) is 0 Å². The van der Waals surface area contributed by atoms with Gasteiger partial charge in [0.25, 0.3) is 0 Å². The molecule has 0 bridgehead atoms. The maximum atomic E-state index is 6.92. The minimum absolute atomic E-state index is 0.169. The minimum atomic E-state index is -0.467. The van der Waals surface area contributed by atoms with Crippen molar-refractivity contribution < 1.29 is 4.42 Å². The fraction of sp³-hybridized carbons (Fsp3) is 0.0645. The number of nitrogens with zero attached hydrogens (tertiary/aromatic N) is 1. The van der Waals surface area contributed by atoms with Gasteiger partial charge in [0.15, 0.2) is 0 Å². The highest BCUT2D eigenvalue weighted by Gasteiger charge is 2.51. The predicted molar refractivity (Wildman–Crippen MR) is 265 cm³/mol. The number of anilines is 3. The molecule has 0 fully saturated rings. The Morgan fingerprint density at radius 2 is 0.812 bits per heavy atom. The van der Waals surface area contributed by atoms with Crippen molar-refractivity contribution in [3.63, 3.8) is 0 Å². The standard InChI is InChI=1S/C62H41NO/c1-61(2)52-25-10-5-18-42(52)46-32-30-40(36-56(46)61)63(58-29-14-9-22-48(58)49-23-15-24-50-51-34-38-16-3-4-17-39(38)35-59(51)64-60(49)50)41-31-33-47-45-21-8-13-28-55(45)62(57(47)37-41)53-26-11-6-19-43(53)44-20-7-12-27-54(44)62/h3-37H,1-2H3. The quantitative estimate of drug-likeness (QED) is 0.176. The van der Waals surface area contributed by atoms with E-state index in [2.05, 4.69) is 231 Å². The summed E-state index contributed by atoms with van der Waals surface area (Å²) >= 11 is 0. The fourth-order valence-corrected chi connectivity index (χ4v) is 12.1. The number of benzene rings is 10. The Bertz CT molecular complexity index is 3730. The van der Waals surface area contributed by atoms with Crippen LogP contribution in [0.15, 0.2) is 217 Å². The number of hydrogen-bond donors (Lipinski definition) is 0. The molecular weight excluding hydrogens is 775 g/mol. The van der Waals surface area contributed by atoms with Crippen LogP contribution in [0.4, 0.5) is 17.1 Å². The van der Waals surface area contributed by atoms with Crippen LogP contribution in [-0.2, 0) is 10.8 Å². The molecule has 14 rings (SSSR count). The van der Waals surface area contributed by atoms with Crippen LogP contribution in [0.25, 0.3) is 77.2 Å². The van der Waals surface area contributed by atoms with E-state index >= 15 is 0 Å². The molecule has 0 amide bonds. The first-order chi connectivity index (χ1) is 31.5. The summed E-state index contributed by atoms with van der Waals surface area (Å²) in [5, 5.41) is 4.63. The van der Waals surface area contributed by atoms with Crippen LogP contribution in [0.3, 0.4) is 0 Å². The van der Waals surface area contributed by atoms with Gasteiger partial charge in [0.05, 0.1) is 11.1 Å². The van der Waals surface area contributed by atoms with E-state index in [4.69, 9.17) is 4.42 Å². The van der Waals surface area contributed by atoms with Gasteiger partial charge in [-0.05, 0) is 120 Å². The lowest BCUT2D eigenvalue weighted by Gasteiger charge is -2.33. The molecule has 2 heteroatoms. The Hall–Kier alpha value is -7.94. The van der Waals surface area contributed by atoms with Crippen molar-refractivity contribution >= 4 is 49.8 Å². The average molecular weight is 816 g/mol. The molecule has 0 radical (unpaired) electrons. The number of hydrogen-bond acceptors (Lipinski definition) is 2. The molecule has 1 heterocycles. The second-order valence-electron chi connectivity index (χ2n) is 18.3. The molecule has 1 aromatic heterocycles. The lowest BCUT2D eigenvalue weighted by Crippen LogP contribution is -2.26. The van der Waals surface area contributed by atoms with Gasteiger partial charge >= 0.3 is 0 Å². The zero-order valence-corrected chi connectivity index (χ0v) is 35.6. The molecule has 1 spiro atoms. The first-order valence-electron chi connectivity index (χ1n) is 22.4. The normalized spacial score (nSPS) is 14.3. The third-order valence-corrected chi connectivity index (χ3v) is 14.9. The SMILES string of the molecule is CC1(C)c2ccccc2-c2ccc(N(c3ccc4c(c3)C3(c5ccccc5-c5ccccc53)c3ccccc3-4)c3ccccc3-c3cccc4c3oc3cc5ccccc5cc34)cc21. The topological polar surface area (TPSA) is 16.4 Å². The first kappa shape index (κ1) is 35.6. The molecule has 0 atom stereocenters. The Morgan fingerprint density at radius 3 is 1.45 bits per heavy atom. The summed E-state index contributed by atoms with van der Waals surface area (Å²) in [6.45, 7) is 4.74. The predicted octanol–water partition coefficient (Wildman–Crippen LogP) is 16.5. The summed E-state index contributed by atoms with van der Waals surface area (Å²) in [7, 11) is 0. The van der Waals surface area contributed by atoms with Gasteiger partial charge in [-0.3, -0.25) is 0 Å². The third-order valence-electron chi connectivity index (χ3n) is 14.9. The molecule has 0 aliphatic heterocycles. The van der Waals surface area contributed by atoms with Crippen LogP contribution < -0.4 is 4.90 Å². The largest absolute Gasteiger partial charge is 0.455 e. The average Bonchev–Trinajstić information content (AvgIpc) is 4.03. The summed E-state index contributed by atoms with van der Waals surface area (Å²) < 4.78 is 6.92. The molecule has 0 N–H and O–H groups in total. The Balaban J connectivity index is 1.04. The smallest absolute Gasteiger partial charge is 0.143 e. The zero-order valence-electron chi connectivity index (χ0n) is 35.6. The highest BCUT2D eigenvalue weighted by molar-refractivity contribution is 6.14. The number of fused-ring (bicyclic) bond motifs is 17. The van der Waals surface area contributed by atoms with Gasteiger partial charge in [-0.1, -0.05) is 184 Å². The molecule has 64 heavy (non-hydrogen) atoms. The lowest BCUT2D eigenvalue weighted by atomic mass is 9.70. The Morgan fingerprint density at radius 1 is 0.344 bits per heavy atom. The summed E-state index contributed by atoms with van der Waals surface area (Å²) in [5.74, 6) is 0. The van der Waals surface area contributed by atoms with Crippen molar-refractivity contribution in [2.45, 2.75) is 24.7 Å². The van der Waals surface area contributed by atoms with E-state index in [0.29, 0.717) is 0 Å². The van der Waals surface area contributed by atoms with Crippen LogP contribution in [0, 0.1) is 0 Å². The summed E-state index contributed by atoms with van der Waals surface area (Å²) in [5.41, 5.74) is 22.5. The molecule has 0 saturated heterocycles. The van der Waals surface area contributed by atoms with E-state index < -0.39 is 5.41 Å². The molecule has 300 valence electrons. The van der Waals surface area contributed by atoms with Crippen molar-refractivity contribution in [3.8, 4) is 44.5 Å². The van der Waals surface area contributed by atoms with Crippen LogP contribution in [-0.4, -0.2) is 0 Å². The van der Waals surface area contributed by atoms with E-state index in [1.165, 1.54) is 77.5 Å². The number of furan rings is 1.